The zero-order valence-corrected chi connectivity index (χ0v) is 22.4. The molecule has 0 amide bonds. The number of nitrogens with two attached hydrogens (primary N) is 1. The average molecular weight is 550 g/mol. The summed E-state index contributed by atoms with van der Waals surface area (Å²) in [5, 5.41) is 9.74. The number of piperazine rings is 1. The van der Waals surface area contributed by atoms with Gasteiger partial charge in [-0.1, -0.05) is 23.7 Å². The van der Waals surface area contributed by atoms with Gasteiger partial charge in [-0.3, -0.25) is 9.69 Å². The normalized spacial score (nSPS) is 20.3. The van der Waals surface area contributed by atoms with Gasteiger partial charge in [0.05, 0.1) is 24.3 Å². The van der Waals surface area contributed by atoms with Crippen LogP contribution in [-0.2, 0) is 29.0 Å². The highest BCUT2D eigenvalue weighted by molar-refractivity contribution is 6.30. The molecule has 3 aliphatic rings. The molecule has 2 aromatic carbocycles. The lowest BCUT2D eigenvalue weighted by atomic mass is 9.88. The van der Waals surface area contributed by atoms with E-state index in [1.54, 1.807) is 0 Å². The van der Waals surface area contributed by atoms with Crippen molar-refractivity contribution in [3.63, 3.8) is 0 Å². The Kier molecular flexibility index (Phi) is 7.29. The smallest absolute Gasteiger partial charge is 0.309 e. The monoisotopic (exact) mass is 549 g/mol. The zero-order valence-electron chi connectivity index (χ0n) is 21.7. The molecular weight excluding hydrogens is 518 g/mol. The summed E-state index contributed by atoms with van der Waals surface area (Å²) in [4.78, 5) is 25.0. The van der Waals surface area contributed by atoms with E-state index in [0.717, 1.165) is 79.5 Å². The highest BCUT2D eigenvalue weighted by Gasteiger charge is 2.44. The Morgan fingerprint density at radius 1 is 1.08 bits per heavy atom. The number of carbonyl (C=O) groups is 1. The van der Waals surface area contributed by atoms with E-state index in [1.165, 1.54) is 5.56 Å². The van der Waals surface area contributed by atoms with Crippen LogP contribution in [0.1, 0.15) is 23.1 Å². The molecule has 2 heterocycles. The number of benzene rings is 2. The van der Waals surface area contributed by atoms with Gasteiger partial charge in [0.15, 0.2) is 0 Å². The lowest BCUT2D eigenvalue weighted by molar-refractivity contribution is -0.139. The van der Waals surface area contributed by atoms with Gasteiger partial charge in [-0.15, -0.1) is 0 Å². The number of aliphatic carboxylic acids is 1. The standard InChI is InChI=1S/C29H32ClN5O4/c30-20-4-1-18(2-5-20)17-39-21-6-8-22-19(15-21)3-7-23-26(22)32-29(31)33-27(23)35-11-9-34(10-12-35)13-14-38-25-16-24(25)28(36)37/h1-2,4-6,8,15,24-25H,3,7,9-14,16-17H2,(H,36,37)(H2,31,32,33). The molecule has 1 saturated carbocycles. The second-order valence-electron chi connectivity index (χ2n) is 10.4. The molecule has 0 spiro atoms. The quantitative estimate of drug-likeness (QED) is 0.412. The van der Waals surface area contributed by atoms with Gasteiger partial charge >= 0.3 is 5.97 Å². The summed E-state index contributed by atoms with van der Waals surface area (Å²) in [6.07, 6.45) is 2.24. The van der Waals surface area contributed by atoms with E-state index >= 15 is 0 Å². The molecule has 3 N–H and O–H groups in total. The van der Waals surface area contributed by atoms with Crippen molar-refractivity contribution in [1.82, 2.24) is 14.9 Å². The first kappa shape index (κ1) is 25.9. The van der Waals surface area contributed by atoms with Crippen LogP contribution in [0.25, 0.3) is 11.3 Å². The molecule has 1 aromatic heterocycles. The first-order valence-electron chi connectivity index (χ1n) is 13.4. The van der Waals surface area contributed by atoms with Gasteiger partial charge in [-0.2, -0.15) is 4.98 Å². The van der Waals surface area contributed by atoms with E-state index in [2.05, 4.69) is 31.9 Å². The highest BCUT2D eigenvalue weighted by atomic mass is 35.5. The number of fused-ring (bicyclic) bond motifs is 3. The number of nitrogen functional groups attached to an aromatic ring is 1. The molecule has 2 atom stereocenters. The van der Waals surface area contributed by atoms with Crippen molar-refractivity contribution >= 4 is 29.3 Å². The second kappa shape index (κ2) is 11.0. The summed E-state index contributed by atoms with van der Waals surface area (Å²) < 4.78 is 11.8. The maximum absolute atomic E-state index is 11.0. The van der Waals surface area contributed by atoms with Crippen LogP contribution in [0.4, 0.5) is 11.8 Å². The van der Waals surface area contributed by atoms with Crippen molar-refractivity contribution in [3.8, 4) is 17.0 Å². The van der Waals surface area contributed by atoms with E-state index in [1.807, 2.05) is 30.3 Å². The van der Waals surface area contributed by atoms with Gasteiger partial charge in [0, 0.05) is 48.9 Å². The molecule has 1 aliphatic heterocycles. The van der Waals surface area contributed by atoms with Crippen molar-refractivity contribution in [2.75, 3.05) is 50.0 Å². The van der Waals surface area contributed by atoms with Crippen molar-refractivity contribution in [3.05, 3.63) is 64.2 Å². The lowest BCUT2D eigenvalue weighted by Gasteiger charge is -2.37. The molecule has 10 heteroatoms. The topological polar surface area (TPSA) is 114 Å². The first-order valence-corrected chi connectivity index (χ1v) is 13.8. The fourth-order valence-electron chi connectivity index (χ4n) is 5.44. The zero-order chi connectivity index (χ0) is 26.9. The van der Waals surface area contributed by atoms with Crippen LogP contribution >= 0.6 is 11.6 Å². The number of aryl methyl sites for hydroxylation is 1. The minimum Gasteiger partial charge on any atom is -0.489 e. The van der Waals surface area contributed by atoms with Gasteiger partial charge in [-0.05, 0) is 60.7 Å². The Hall–Kier alpha value is -3.40. The largest absolute Gasteiger partial charge is 0.489 e. The SMILES string of the molecule is Nc1nc2c(c(N3CCN(CCOC4CC4C(=O)O)CC3)n1)CCc1cc(OCc3ccc(Cl)cc3)ccc1-2. The predicted octanol–water partition coefficient (Wildman–Crippen LogP) is 3.67. The Balaban J connectivity index is 1.09. The fourth-order valence-corrected chi connectivity index (χ4v) is 5.57. The average Bonchev–Trinajstić information content (AvgIpc) is 3.72. The van der Waals surface area contributed by atoms with Gasteiger partial charge in [0.1, 0.15) is 18.2 Å². The summed E-state index contributed by atoms with van der Waals surface area (Å²) in [6, 6.07) is 13.8. The molecule has 0 radical (unpaired) electrons. The van der Waals surface area contributed by atoms with Crippen LogP contribution in [0, 0.1) is 5.92 Å². The molecule has 3 aromatic rings. The molecule has 1 saturated heterocycles. The summed E-state index contributed by atoms with van der Waals surface area (Å²) in [5.74, 6) is 0.966. The third-order valence-corrected chi connectivity index (χ3v) is 8.01. The first-order chi connectivity index (χ1) is 18.9. The molecule has 2 fully saturated rings. The van der Waals surface area contributed by atoms with Gasteiger partial charge < -0.3 is 25.2 Å². The van der Waals surface area contributed by atoms with E-state index in [4.69, 9.17) is 31.9 Å². The van der Waals surface area contributed by atoms with Crippen molar-refractivity contribution in [2.24, 2.45) is 5.92 Å². The maximum atomic E-state index is 11.0. The van der Waals surface area contributed by atoms with Gasteiger partial charge in [-0.25, -0.2) is 4.98 Å². The number of hydrogen-bond donors (Lipinski definition) is 2. The van der Waals surface area contributed by atoms with Crippen molar-refractivity contribution in [2.45, 2.75) is 32.0 Å². The maximum Gasteiger partial charge on any atom is 0.309 e. The third-order valence-electron chi connectivity index (χ3n) is 7.76. The number of nitrogens with zero attached hydrogens (tertiary/aromatic N) is 4. The summed E-state index contributed by atoms with van der Waals surface area (Å²) in [7, 11) is 0. The molecule has 39 heavy (non-hydrogen) atoms. The van der Waals surface area contributed by atoms with Gasteiger partial charge in [0.25, 0.3) is 0 Å². The minimum atomic E-state index is -0.758. The Morgan fingerprint density at radius 3 is 2.62 bits per heavy atom. The minimum absolute atomic E-state index is 0.117. The lowest BCUT2D eigenvalue weighted by Crippen LogP contribution is -2.48. The van der Waals surface area contributed by atoms with Crippen molar-refractivity contribution < 1.29 is 19.4 Å². The summed E-state index contributed by atoms with van der Waals surface area (Å²) >= 11 is 5.98. The molecule has 9 nitrogen and oxygen atoms in total. The molecule has 2 aliphatic carbocycles. The van der Waals surface area contributed by atoms with Crippen LogP contribution < -0.4 is 15.4 Å². The molecule has 0 bridgehead atoms. The third kappa shape index (κ3) is 5.80. The predicted molar refractivity (Wildman–Crippen MR) is 149 cm³/mol. The van der Waals surface area contributed by atoms with Crippen LogP contribution in [0.2, 0.25) is 5.02 Å². The Morgan fingerprint density at radius 2 is 1.87 bits per heavy atom. The number of ether oxygens (including phenoxy) is 2. The summed E-state index contributed by atoms with van der Waals surface area (Å²) in [6.45, 7) is 5.30. The number of carboxylic acids is 1. The number of anilines is 2. The number of aromatic nitrogens is 2. The van der Waals surface area contributed by atoms with E-state index in [0.29, 0.717) is 24.7 Å². The number of rotatable bonds is 9. The van der Waals surface area contributed by atoms with Crippen LogP contribution in [-0.4, -0.2) is 71.4 Å². The highest BCUT2D eigenvalue weighted by Crippen LogP contribution is 2.39. The summed E-state index contributed by atoms with van der Waals surface area (Å²) in [5.41, 5.74) is 11.6. The van der Waals surface area contributed by atoms with Gasteiger partial charge in [0.2, 0.25) is 5.95 Å². The Labute approximate surface area is 232 Å². The Bertz CT molecular complexity index is 1360. The fraction of sp³-hybridized carbons (Fsp3) is 0.414. The molecular formula is C29H32ClN5O4. The number of hydrogen-bond acceptors (Lipinski definition) is 8. The van der Waals surface area contributed by atoms with Crippen LogP contribution in [0.5, 0.6) is 5.75 Å². The van der Waals surface area contributed by atoms with E-state index < -0.39 is 5.97 Å². The van der Waals surface area contributed by atoms with E-state index in [-0.39, 0.29) is 18.0 Å². The second-order valence-corrected chi connectivity index (χ2v) is 10.8. The van der Waals surface area contributed by atoms with E-state index in [9.17, 15) is 4.79 Å². The molecule has 2 unspecified atom stereocenters. The van der Waals surface area contributed by atoms with Crippen LogP contribution in [0.3, 0.4) is 0 Å². The number of carboxylic acid groups (broad SMARTS) is 1. The number of halogens is 1. The molecule has 204 valence electrons. The van der Waals surface area contributed by atoms with Crippen LogP contribution in [0.15, 0.2) is 42.5 Å². The molecule has 6 rings (SSSR count). The van der Waals surface area contributed by atoms with Crippen molar-refractivity contribution in [1.29, 1.82) is 0 Å².